The summed E-state index contributed by atoms with van der Waals surface area (Å²) in [6.45, 7) is 1.02. The number of hydrogen-bond donors (Lipinski definition) is 1. The van der Waals surface area contributed by atoms with Crippen molar-refractivity contribution in [2.75, 3.05) is 33.3 Å². The first-order valence-corrected chi connectivity index (χ1v) is 8.16. The molecule has 2 rings (SSSR count). The van der Waals surface area contributed by atoms with Gasteiger partial charge in [0.15, 0.2) is 6.61 Å². The molecule has 1 saturated heterocycles. The van der Waals surface area contributed by atoms with E-state index in [1.54, 1.807) is 12.1 Å². The van der Waals surface area contributed by atoms with Crippen LogP contribution in [0.2, 0.25) is 0 Å². The number of ether oxygens (including phenoxy) is 1. The maximum atomic E-state index is 12.2. The topological polar surface area (TPSA) is 53.0 Å². The van der Waals surface area contributed by atoms with E-state index in [-0.39, 0.29) is 30.7 Å². The number of likely N-dealkylation sites (tertiary alicyclic amines) is 1. The van der Waals surface area contributed by atoms with E-state index >= 15 is 0 Å². The molecule has 0 atom stereocenters. The van der Waals surface area contributed by atoms with Gasteiger partial charge in [-0.1, -0.05) is 12.1 Å². The molecule has 1 heterocycles. The number of carboxylic acid groups (broad SMARTS) is 1. The van der Waals surface area contributed by atoms with Crippen LogP contribution in [0.1, 0.15) is 18.4 Å². The van der Waals surface area contributed by atoms with Gasteiger partial charge >= 0.3 is 12.1 Å². The summed E-state index contributed by atoms with van der Waals surface area (Å²) in [5.74, 6) is -0.619. The number of piperidine rings is 1. The summed E-state index contributed by atoms with van der Waals surface area (Å²) in [7, 11) is 1.82. The highest BCUT2D eigenvalue weighted by molar-refractivity contribution is 5.85. The normalized spacial score (nSPS) is 16.3. The molecular formula is C17H24ClF3N2O3. The lowest BCUT2D eigenvalue weighted by atomic mass is 10.0. The van der Waals surface area contributed by atoms with Gasteiger partial charge in [0, 0.05) is 12.6 Å². The van der Waals surface area contributed by atoms with Gasteiger partial charge in [0.05, 0.1) is 6.54 Å². The second-order valence-electron chi connectivity index (χ2n) is 6.37. The largest absolute Gasteiger partial charge is 0.484 e. The highest BCUT2D eigenvalue weighted by Crippen LogP contribution is 2.22. The third-order valence-corrected chi connectivity index (χ3v) is 4.27. The minimum Gasteiger partial charge on any atom is -0.484 e. The van der Waals surface area contributed by atoms with Gasteiger partial charge in [0.25, 0.3) is 0 Å². The van der Waals surface area contributed by atoms with Crippen LogP contribution < -0.4 is 4.74 Å². The van der Waals surface area contributed by atoms with Gasteiger partial charge < -0.3 is 9.84 Å². The van der Waals surface area contributed by atoms with Gasteiger partial charge in [-0.15, -0.1) is 12.4 Å². The number of rotatable bonds is 7. The van der Waals surface area contributed by atoms with Gasteiger partial charge in [0.2, 0.25) is 0 Å². The van der Waals surface area contributed by atoms with E-state index in [0.717, 1.165) is 31.5 Å². The molecule has 1 aromatic carbocycles. The first-order valence-electron chi connectivity index (χ1n) is 8.16. The van der Waals surface area contributed by atoms with Crippen LogP contribution in [0.5, 0.6) is 5.75 Å². The maximum Gasteiger partial charge on any atom is 0.422 e. The summed E-state index contributed by atoms with van der Waals surface area (Å²) in [5, 5.41) is 8.85. The molecule has 1 aliphatic heterocycles. The minimum absolute atomic E-state index is 0. The molecule has 0 aromatic heterocycles. The minimum atomic E-state index is -4.35. The van der Waals surface area contributed by atoms with Crippen LogP contribution in [-0.4, -0.2) is 66.4 Å². The fourth-order valence-electron chi connectivity index (χ4n) is 3.02. The first kappa shape index (κ1) is 22.5. The average molecular weight is 397 g/mol. The van der Waals surface area contributed by atoms with E-state index in [2.05, 4.69) is 4.90 Å². The third kappa shape index (κ3) is 7.80. The Bertz CT molecular complexity index is 579. The van der Waals surface area contributed by atoms with Gasteiger partial charge in [-0.05, 0) is 50.7 Å². The van der Waals surface area contributed by atoms with Crippen molar-refractivity contribution < 1.29 is 27.8 Å². The molecular weight excluding hydrogens is 373 g/mol. The zero-order valence-corrected chi connectivity index (χ0v) is 15.4. The number of carboxylic acids is 1. The molecule has 1 N–H and O–H groups in total. The number of benzene rings is 1. The molecule has 9 heteroatoms. The molecule has 0 unspecified atom stereocenters. The number of hydrogen-bond acceptors (Lipinski definition) is 4. The highest BCUT2D eigenvalue weighted by Gasteiger charge is 2.28. The van der Waals surface area contributed by atoms with Gasteiger partial charge in [0.1, 0.15) is 5.75 Å². The molecule has 26 heavy (non-hydrogen) atoms. The molecule has 1 fully saturated rings. The molecule has 0 spiro atoms. The second kappa shape index (κ2) is 9.99. The predicted molar refractivity (Wildman–Crippen MR) is 93.8 cm³/mol. The summed E-state index contributed by atoms with van der Waals surface area (Å²) < 4.78 is 41.4. The van der Waals surface area contributed by atoms with E-state index in [1.165, 1.54) is 6.07 Å². The summed E-state index contributed by atoms with van der Waals surface area (Å²) >= 11 is 0. The van der Waals surface area contributed by atoms with Gasteiger partial charge in [-0.3, -0.25) is 14.6 Å². The predicted octanol–water partition coefficient (Wildman–Crippen LogP) is 3.03. The molecule has 0 amide bonds. The number of halogens is 4. The van der Waals surface area contributed by atoms with Crippen molar-refractivity contribution in [1.29, 1.82) is 0 Å². The lowest BCUT2D eigenvalue weighted by Gasteiger charge is -2.36. The lowest BCUT2D eigenvalue weighted by Crippen LogP contribution is -2.44. The molecule has 148 valence electrons. The van der Waals surface area contributed by atoms with Gasteiger partial charge in [-0.2, -0.15) is 13.2 Å². The fraction of sp³-hybridized carbons (Fsp3) is 0.588. The zero-order valence-electron chi connectivity index (χ0n) is 14.5. The smallest absolute Gasteiger partial charge is 0.422 e. The van der Waals surface area contributed by atoms with E-state index in [1.807, 2.05) is 18.0 Å². The average Bonchev–Trinajstić information content (AvgIpc) is 2.53. The van der Waals surface area contributed by atoms with E-state index < -0.39 is 18.8 Å². The zero-order chi connectivity index (χ0) is 18.4. The third-order valence-electron chi connectivity index (χ3n) is 4.27. The summed E-state index contributed by atoms with van der Waals surface area (Å²) in [4.78, 5) is 14.8. The lowest BCUT2D eigenvalue weighted by molar-refractivity contribution is -0.153. The summed E-state index contributed by atoms with van der Waals surface area (Å²) in [6, 6.07) is 6.95. The SMILES string of the molecule is CN(CC(=O)O)C1CCN(Cc2cccc(OCC(F)(F)F)c2)CC1.Cl. The summed E-state index contributed by atoms with van der Waals surface area (Å²) in [6.07, 6.45) is -2.61. The molecule has 5 nitrogen and oxygen atoms in total. The monoisotopic (exact) mass is 396 g/mol. The van der Waals surface area contributed by atoms with Crippen LogP contribution in [0.15, 0.2) is 24.3 Å². The first-order chi connectivity index (χ1) is 11.7. The van der Waals surface area contributed by atoms with Crippen LogP contribution in [0.3, 0.4) is 0 Å². The molecule has 1 aliphatic rings. The van der Waals surface area contributed by atoms with Crippen molar-refractivity contribution in [3.05, 3.63) is 29.8 Å². The Labute approximate surface area is 157 Å². The quantitative estimate of drug-likeness (QED) is 0.767. The Morgan fingerprint density at radius 2 is 2.00 bits per heavy atom. The maximum absolute atomic E-state index is 12.2. The molecule has 0 bridgehead atoms. The van der Waals surface area contributed by atoms with Crippen molar-refractivity contribution in [3.8, 4) is 5.75 Å². The number of nitrogens with zero attached hydrogens (tertiary/aromatic N) is 2. The van der Waals surface area contributed by atoms with Crippen LogP contribution in [0.4, 0.5) is 13.2 Å². The van der Waals surface area contributed by atoms with Crippen LogP contribution >= 0.6 is 12.4 Å². The number of aliphatic carboxylic acids is 1. The van der Waals surface area contributed by atoms with E-state index in [0.29, 0.717) is 6.54 Å². The Morgan fingerprint density at radius 3 is 2.58 bits per heavy atom. The van der Waals surface area contributed by atoms with Crippen molar-refractivity contribution in [3.63, 3.8) is 0 Å². The number of carbonyl (C=O) groups is 1. The van der Waals surface area contributed by atoms with Crippen LogP contribution in [-0.2, 0) is 11.3 Å². The highest BCUT2D eigenvalue weighted by atomic mass is 35.5. The molecule has 1 aromatic rings. The van der Waals surface area contributed by atoms with Crippen molar-refractivity contribution in [1.82, 2.24) is 9.80 Å². The molecule has 0 aliphatic carbocycles. The standard InChI is InChI=1S/C17H23F3N2O3.ClH/c1-21(11-16(23)24)14-5-7-22(8-6-14)10-13-3-2-4-15(9-13)25-12-17(18,19)20;/h2-4,9,14H,5-8,10-12H2,1H3,(H,23,24);1H. The van der Waals surface area contributed by atoms with E-state index in [4.69, 9.17) is 9.84 Å². The Hall–Kier alpha value is -1.51. The fourth-order valence-corrected chi connectivity index (χ4v) is 3.02. The Kier molecular flexibility index (Phi) is 8.66. The molecule has 0 saturated carbocycles. The van der Waals surface area contributed by atoms with Crippen LogP contribution in [0.25, 0.3) is 0 Å². The number of likely N-dealkylation sites (N-methyl/N-ethyl adjacent to an activating group) is 1. The van der Waals surface area contributed by atoms with Crippen molar-refractivity contribution in [2.24, 2.45) is 0 Å². The Morgan fingerprint density at radius 1 is 1.35 bits per heavy atom. The second-order valence-corrected chi connectivity index (χ2v) is 6.37. The van der Waals surface area contributed by atoms with Crippen molar-refractivity contribution in [2.45, 2.75) is 31.6 Å². The van der Waals surface area contributed by atoms with Gasteiger partial charge in [-0.25, -0.2) is 0 Å². The van der Waals surface area contributed by atoms with Crippen LogP contribution in [0, 0.1) is 0 Å². The Balaban J connectivity index is 0.00000338. The van der Waals surface area contributed by atoms with E-state index in [9.17, 15) is 18.0 Å². The molecule has 0 radical (unpaired) electrons. The van der Waals surface area contributed by atoms with Crippen molar-refractivity contribution >= 4 is 18.4 Å². The number of alkyl halides is 3. The summed E-state index contributed by atoms with van der Waals surface area (Å²) in [5.41, 5.74) is 0.900.